The van der Waals surface area contributed by atoms with E-state index in [1.165, 1.54) is 11.1 Å². The average molecular weight is 519 g/mol. The summed E-state index contributed by atoms with van der Waals surface area (Å²) in [4.78, 5) is 9.40. The van der Waals surface area contributed by atoms with Crippen LogP contribution in [-0.4, -0.2) is 17.4 Å². The molecule has 188 valence electrons. The highest BCUT2D eigenvalue weighted by molar-refractivity contribution is 7.51. The monoisotopic (exact) mass is 519 g/mol. The lowest BCUT2D eigenvalue weighted by Gasteiger charge is -2.20. The number of nitrogens with zero attached hydrogens (tertiary/aromatic N) is 3. The normalized spacial score (nSPS) is 14.1. The third kappa shape index (κ3) is 4.37. The van der Waals surface area contributed by atoms with Crippen molar-refractivity contribution in [3.8, 4) is 22.4 Å². The largest absolute Gasteiger partial charge is 0.456 e. The molecule has 3 heterocycles. The summed E-state index contributed by atoms with van der Waals surface area (Å²) < 4.78 is 27.2. The van der Waals surface area contributed by atoms with Crippen molar-refractivity contribution in [2.45, 2.75) is 41.0 Å². The summed E-state index contributed by atoms with van der Waals surface area (Å²) in [5.41, 5.74) is 8.59. The third-order valence-corrected chi connectivity index (χ3v) is 7.67. The molecule has 0 amide bonds. The molecule has 3 aromatic carbocycles. The molecule has 5 aromatic rings. The topological polar surface area (TPSA) is 50.8 Å². The first-order chi connectivity index (χ1) is 18.2. The molecule has 2 aromatic heterocycles. The minimum Gasteiger partial charge on any atom is -0.455 e. The van der Waals surface area contributed by atoms with Crippen LogP contribution in [0.2, 0.25) is 0 Å². The van der Waals surface area contributed by atoms with E-state index < -0.39 is 6.98 Å². The van der Waals surface area contributed by atoms with Gasteiger partial charge in [0.1, 0.15) is 17.0 Å². The van der Waals surface area contributed by atoms with Crippen LogP contribution < -0.4 is 5.46 Å². The van der Waals surface area contributed by atoms with Gasteiger partial charge in [0.25, 0.3) is 0 Å². The SMILES string of the molecule is CC1=NB(c2c(F)cc3c(oc4c(-c5cc(CC(C)(C)C)c(C)cn5)cccc43)c2-c2ccccc2)N=P1. The van der Waals surface area contributed by atoms with Gasteiger partial charge < -0.3 is 9.32 Å². The predicted octanol–water partition coefficient (Wildman–Crippen LogP) is 8.61. The van der Waals surface area contributed by atoms with E-state index >= 15 is 4.39 Å². The van der Waals surface area contributed by atoms with Gasteiger partial charge in [-0.15, -0.1) is 0 Å². The molecular formula is C31H28BFN3OP. The van der Waals surface area contributed by atoms with Gasteiger partial charge in [0.05, 0.1) is 11.1 Å². The number of benzene rings is 3. The first-order valence-corrected chi connectivity index (χ1v) is 13.7. The minimum atomic E-state index is -0.595. The first-order valence-electron chi connectivity index (χ1n) is 12.8. The van der Waals surface area contributed by atoms with Gasteiger partial charge in [0.15, 0.2) is 0 Å². The number of hydrogen-bond acceptors (Lipinski definition) is 4. The van der Waals surface area contributed by atoms with Crippen LogP contribution >= 0.6 is 8.37 Å². The van der Waals surface area contributed by atoms with Crippen LogP contribution in [0.5, 0.6) is 0 Å². The predicted molar refractivity (Wildman–Crippen MR) is 158 cm³/mol. The van der Waals surface area contributed by atoms with Gasteiger partial charge in [-0.2, -0.15) is 0 Å². The molecule has 0 fully saturated rings. The molecule has 6 rings (SSSR count). The van der Waals surface area contributed by atoms with E-state index in [0.717, 1.165) is 47.8 Å². The van der Waals surface area contributed by atoms with E-state index in [1.807, 2.05) is 61.7 Å². The lowest BCUT2D eigenvalue weighted by Crippen LogP contribution is -2.30. The lowest BCUT2D eigenvalue weighted by atomic mass is 9.66. The molecular weight excluding hydrogens is 491 g/mol. The van der Waals surface area contributed by atoms with E-state index in [2.05, 4.69) is 43.3 Å². The summed E-state index contributed by atoms with van der Waals surface area (Å²) in [6, 6.07) is 19.6. The van der Waals surface area contributed by atoms with Crippen molar-refractivity contribution in [3.05, 3.63) is 83.8 Å². The van der Waals surface area contributed by atoms with Gasteiger partial charge in [-0.3, -0.25) is 9.64 Å². The van der Waals surface area contributed by atoms with Crippen molar-refractivity contribution in [3.63, 3.8) is 0 Å². The molecule has 0 bridgehead atoms. The maximum Gasteiger partial charge on any atom is 0.456 e. The van der Waals surface area contributed by atoms with Gasteiger partial charge in [-0.1, -0.05) is 63.2 Å². The number of rotatable bonds is 4. The fraction of sp³-hybridized carbons (Fsp3) is 0.226. The molecule has 1 aliphatic rings. The molecule has 0 saturated carbocycles. The highest BCUT2D eigenvalue weighted by Gasteiger charge is 2.31. The van der Waals surface area contributed by atoms with E-state index in [-0.39, 0.29) is 11.2 Å². The molecule has 1 aliphatic heterocycles. The Morgan fingerprint density at radius 1 is 0.947 bits per heavy atom. The zero-order valence-corrected chi connectivity index (χ0v) is 23.1. The summed E-state index contributed by atoms with van der Waals surface area (Å²) in [6.07, 6.45) is 2.88. The first kappa shape index (κ1) is 24.7. The number of aromatic nitrogens is 1. The second-order valence-corrected chi connectivity index (χ2v) is 12.3. The molecule has 0 unspecified atom stereocenters. The van der Waals surface area contributed by atoms with E-state index in [0.29, 0.717) is 22.2 Å². The Bertz CT molecular complexity index is 1770. The second kappa shape index (κ2) is 9.29. The Morgan fingerprint density at radius 2 is 1.74 bits per heavy atom. The highest BCUT2D eigenvalue weighted by Crippen LogP contribution is 2.40. The Morgan fingerprint density at radius 3 is 2.45 bits per heavy atom. The van der Waals surface area contributed by atoms with E-state index in [1.54, 1.807) is 6.07 Å². The highest BCUT2D eigenvalue weighted by atomic mass is 31.1. The Labute approximate surface area is 224 Å². The second-order valence-electron chi connectivity index (χ2n) is 11.2. The number of aryl methyl sites for hydroxylation is 1. The van der Waals surface area contributed by atoms with Crippen LogP contribution in [0.3, 0.4) is 0 Å². The van der Waals surface area contributed by atoms with Crippen molar-refractivity contribution >= 4 is 48.2 Å². The maximum atomic E-state index is 15.9. The molecule has 0 aliphatic carbocycles. The number of hydrogen-bond donors (Lipinski definition) is 0. The Kier molecular flexibility index (Phi) is 6.04. The van der Waals surface area contributed by atoms with Crippen LogP contribution in [0.1, 0.15) is 38.8 Å². The van der Waals surface area contributed by atoms with Gasteiger partial charge in [-0.25, -0.2) is 4.39 Å². The number of pyridine rings is 1. The summed E-state index contributed by atoms with van der Waals surface area (Å²) in [5, 5.41) is 1.60. The molecule has 0 N–H and O–H groups in total. The number of halogens is 1. The molecule has 0 spiro atoms. The molecule has 7 heteroatoms. The zero-order valence-electron chi connectivity index (χ0n) is 22.2. The van der Waals surface area contributed by atoms with Crippen LogP contribution in [0.15, 0.2) is 80.8 Å². The summed E-state index contributed by atoms with van der Waals surface area (Å²) in [6.45, 7) is 10.2. The van der Waals surface area contributed by atoms with Gasteiger partial charge in [0.2, 0.25) is 0 Å². The number of furan rings is 1. The van der Waals surface area contributed by atoms with Crippen LogP contribution in [0.4, 0.5) is 4.39 Å². The Balaban J connectivity index is 1.63. The van der Waals surface area contributed by atoms with Gasteiger partial charge in [-0.05, 0) is 60.6 Å². The van der Waals surface area contributed by atoms with Crippen molar-refractivity contribution in [1.29, 1.82) is 0 Å². The maximum absolute atomic E-state index is 15.9. The van der Waals surface area contributed by atoms with Crippen LogP contribution in [-0.2, 0) is 6.42 Å². The fourth-order valence-electron chi connectivity index (χ4n) is 5.22. The van der Waals surface area contributed by atoms with Gasteiger partial charge >= 0.3 is 6.98 Å². The van der Waals surface area contributed by atoms with Crippen molar-refractivity contribution in [1.82, 2.24) is 4.98 Å². The third-order valence-electron chi connectivity index (χ3n) is 6.93. The average Bonchev–Trinajstić information content (AvgIpc) is 3.47. The quantitative estimate of drug-likeness (QED) is 0.176. The molecule has 4 nitrogen and oxygen atoms in total. The molecule has 0 atom stereocenters. The van der Waals surface area contributed by atoms with Crippen molar-refractivity contribution in [2.24, 2.45) is 15.0 Å². The van der Waals surface area contributed by atoms with Crippen LogP contribution in [0, 0.1) is 18.2 Å². The Hall–Kier alpha value is -3.63. The van der Waals surface area contributed by atoms with E-state index in [4.69, 9.17) is 9.40 Å². The summed E-state index contributed by atoms with van der Waals surface area (Å²) in [5.74, 6) is -0.326. The summed E-state index contributed by atoms with van der Waals surface area (Å²) in [7, 11) is 0.773. The number of fused-ring (bicyclic) bond motifs is 3. The molecule has 0 radical (unpaired) electrons. The van der Waals surface area contributed by atoms with Crippen molar-refractivity contribution in [2.75, 3.05) is 0 Å². The number of para-hydroxylation sites is 1. The lowest BCUT2D eigenvalue weighted by molar-refractivity contribution is 0.410. The smallest absolute Gasteiger partial charge is 0.455 e. The van der Waals surface area contributed by atoms with Crippen molar-refractivity contribution < 1.29 is 8.81 Å². The summed E-state index contributed by atoms with van der Waals surface area (Å²) >= 11 is 0. The fourth-order valence-corrected chi connectivity index (χ4v) is 5.83. The molecule has 38 heavy (non-hydrogen) atoms. The van der Waals surface area contributed by atoms with E-state index in [9.17, 15) is 0 Å². The van der Waals surface area contributed by atoms with Crippen LogP contribution in [0.25, 0.3) is 44.3 Å². The zero-order chi connectivity index (χ0) is 26.6. The standard InChI is InChI=1S/C31H28BFN3OP/c1-18-17-34-26(14-21(18)16-31(3,4)5)23-13-9-12-22-24-15-25(33)28(32-35-19(2)38-36-32)27(30(24)37-29(22)23)20-10-7-6-8-11-20/h6-15,17H,16H2,1-5H3. The minimum absolute atomic E-state index is 0.152. The van der Waals surface area contributed by atoms with Gasteiger partial charge in [0, 0.05) is 41.9 Å². The molecule has 0 saturated heterocycles.